The molecule has 170 valence electrons. The zero-order valence-electron chi connectivity index (χ0n) is 17.5. The van der Waals surface area contributed by atoms with Crippen LogP contribution in [0, 0.1) is 13.7 Å². The average Bonchev–Trinajstić information content (AvgIpc) is 2.79. The van der Waals surface area contributed by atoms with E-state index in [0.29, 0.717) is 34.5 Å². The predicted octanol–water partition coefficient (Wildman–Crippen LogP) is 6.02. The second-order valence-electron chi connectivity index (χ2n) is 6.64. The van der Waals surface area contributed by atoms with Gasteiger partial charge in [-0.3, -0.25) is 19.9 Å². The fourth-order valence-electron chi connectivity index (χ4n) is 2.74. The monoisotopic (exact) mass is 579 g/mol. The van der Waals surface area contributed by atoms with Gasteiger partial charge in [-0.25, -0.2) is 0 Å². The molecule has 0 aliphatic rings. The molecule has 0 atom stereocenters. The van der Waals surface area contributed by atoms with Crippen LogP contribution in [0.5, 0.6) is 11.5 Å². The van der Waals surface area contributed by atoms with E-state index in [-0.39, 0.29) is 18.2 Å². The molecule has 0 aromatic heterocycles. The lowest BCUT2D eigenvalue weighted by Gasteiger charge is -2.14. The Morgan fingerprint density at radius 3 is 2.48 bits per heavy atom. The van der Waals surface area contributed by atoms with Gasteiger partial charge in [0.25, 0.3) is 11.6 Å². The van der Waals surface area contributed by atoms with Crippen LogP contribution in [-0.2, 0) is 4.79 Å². The molecule has 3 aromatic rings. The molecule has 0 saturated heterocycles. The number of halogens is 2. The molecule has 33 heavy (non-hydrogen) atoms. The number of nitrogens with zero attached hydrogens (tertiary/aromatic N) is 2. The number of nitro benzene ring substituents is 1. The van der Waals surface area contributed by atoms with Crippen LogP contribution in [0.3, 0.4) is 0 Å². The molecule has 0 fully saturated rings. The standard InChI is InChI=1S/C23H19ClIN3O5/c1-2-32-21-12-15(13-26-17-7-9-19(10-8-17)28(30)31)11-20(25)23(21)33-14-22(29)27-18-5-3-16(24)4-6-18/h3-13H,2,14H2,1H3,(H,27,29). The molecule has 1 amide bonds. The highest BCUT2D eigenvalue weighted by Crippen LogP contribution is 2.34. The van der Waals surface area contributed by atoms with Crippen LogP contribution in [0.1, 0.15) is 12.5 Å². The van der Waals surface area contributed by atoms with E-state index in [1.54, 1.807) is 48.7 Å². The van der Waals surface area contributed by atoms with Crippen LogP contribution < -0.4 is 14.8 Å². The van der Waals surface area contributed by atoms with Crippen molar-refractivity contribution in [3.8, 4) is 11.5 Å². The van der Waals surface area contributed by atoms with Crippen LogP contribution in [0.25, 0.3) is 0 Å². The predicted molar refractivity (Wildman–Crippen MR) is 136 cm³/mol. The number of benzene rings is 3. The van der Waals surface area contributed by atoms with E-state index in [1.165, 1.54) is 12.1 Å². The van der Waals surface area contributed by atoms with Crippen molar-refractivity contribution in [3.05, 3.63) is 84.9 Å². The fraction of sp³-hybridized carbons (Fsp3) is 0.130. The molecule has 1 N–H and O–H groups in total. The Bertz CT molecular complexity index is 1170. The number of carbonyl (C=O) groups excluding carboxylic acids is 1. The first-order chi connectivity index (χ1) is 15.9. The number of hydrogen-bond donors (Lipinski definition) is 1. The lowest BCUT2D eigenvalue weighted by molar-refractivity contribution is -0.384. The molecular weight excluding hydrogens is 561 g/mol. The molecule has 8 nitrogen and oxygen atoms in total. The van der Waals surface area contributed by atoms with Crippen molar-refractivity contribution < 1.29 is 19.2 Å². The quantitative estimate of drug-likeness (QED) is 0.145. The first kappa shape index (κ1) is 24.5. The maximum absolute atomic E-state index is 12.3. The van der Waals surface area contributed by atoms with Gasteiger partial charge in [0.1, 0.15) is 0 Å². The Kier molecular flexibility index (Phi) is 8.61. The topological polar surface area (TPSA) is 103 Å². The maximum atomic E-state index is 12.3. The summed E-state index contributed by atoms with van der Waals surface area (Å²) < 4.78 is 12.2. The highest BCUT2D eigenvalue weighted by atomic mass is 127. The number of hydrogen-bond acceptors (Lipinski definition) is 6. The average molecular weight is 580 g/mol. The summed E-state index contributed by atoms with van der Waals surface area (Å²) in [5.74, 6) is 0.615. The Labute approximate surface area is 208 Å². The van der Waals surface area contributed by atoms with Crippen LogP contribution in [0.2, 0.25) is 5.02 Å². The molecule has 3 rings (SSSR count). The van der Waals surface area contributed by atoms with Crippen molar-refractivity contribution in [2.45, 2.75) is 6.92 Å². The minimum absolute atomic E-state index is 0.00346. The molecule has 0 radical (unpaired) electrons. The van der Waals surface area contributed by atoms with Crippen LogP contribution >= 0.6 is 34.2 Å². The lowest BCUT2D eigenvalue weighted by Crippen LogP contribution is -2.20. The summed E-state index contributed by atoms with van der Waals surface area (Å²) in [6.07, 6.45) is 1.63. The zero-order valence-corrected chi connectivity index (χ0v) is 20.4. The van der Waals surface area contributed by atoms with E-state index >= 15 is 0 Å². The first-order valence-corrected chi connectivity index (χ1v) is 11.2. The number of aliphatic imine (C=N–C) groups is 1. The third-order valence-electron chi connectivity index (χ3n) is 4.23. The van der Waals surface area contributed by atoms with Gasteiger partial charge in [0.15, 0.2) is 18.1 Å². The molecule has 0 saturated carbocycles. The molecule has 0 unspecified atom stereocenters. The number of carbonyl (C=O) groups is 1. The second-order valence-corrected chi connectivity index (χ2v) is 8.24. The fourth-order valence-corrected chi connectivity index (χ4v) is 3.65. The van der Waals surface area contributed by atoms with Crippen molar-refractivity contribution in [1.29, 1.82) is 0 Å². The van der Waals surface area contributed by atoms with E-state index in [9.17, 15) is 14.9 Å². The van der Waals surface area contributed by atoms with Crippen molar-refractivity contribution >= 4 is 63.4 Å². The Hall–Kier alpha value is -3.18. The molecule has 0 spiro atoms. The van der Waals surface area contributed by atoms with Gasteiger partial charge in [0, 0.05) is 29.1 Å². The summed E-state index contributed by atoms with van der Waals surface area (Å²) >= 11 is 7.96. The number of ether oxygens (including phenoxy) is 2. The van der Waals surface area contributed by atoms with Gasteiger partial charge in [0.05, 0.1) is 20.8 Å². The summed E-state index contributed by atoms with van der Waals surface area (Å²) in [5.41, 5.74) is 1.95. The summed E-state index contributed by atoms with van der Waals surface area (Å²) in [6.45, 7) is 2.06. The van der Waals surface area contributed by atoms with Crippen molar-refractivity contribution in [2.75, 3.05) is 18.5 Å². The third kappa shape index (κ3) is 7.16. The van der Waals surface area contributed by atoms with Gasteiger partial charge in [-0.1, -0.05) is 11.6 Å². The maximum Gasteiger partial charge on any atom is 0.269 e. The largest absolute Gasteiger partial charge is 0.490 e. The van der Waals surface area contributed by atoms with Crippen molar-refractivity contribution in [3.63, 3.8) is 0 Å². The Morgan fingerprint density at radius 2 is 1.85 bits per heavy atom. The van der Waals surface area contributed by atoms with Gasteiger partial charge in [-0.2, -0.15) is 0 Å². The van der Waals surface area contributed by atoms with E-state index in [4.69, 9.17) is 21.1 Å². The number of nitro groups is 1. The lowest BCUT2D eigenvalue weighted by atomic mass is 10.2. The third-order valence-corrected chi connectivity index (χ3v) is 5.28. The zero-order chi connectivity index (χ0) is 23.8. The van der Waals surface area contributed by atoms with Crippen molar-refractivity contribution in [2.24, 2.45) is 4.99 Å². The molecule has 0 aliphatic heterocycles. The highest BCUT2D eigenvalue weighted by Gasteiger charge is 2.14. The van der Waals surface area contributed by atoms with Crippen LogP contribution in [-0.4, -0.2) is 30.3 Å². The first-order valence-electron chi connectivity index (χ1n) is 9.79. The van der Waals surface area contributed by atoms with Gasteiger partial charge < -0.3 is 14.8 Å². The molecule has 0 aliphatic carbocycles. The number of rotatable bonds is 9. The van der Waals surface area contributed by atoms with Crippen molar-refractivity contribution in [1.82, 2.24) is 0 Å². The smallest absolute Gasteiger partial charge is 0.269 e. The number of anilines is 1. The van der Waals surface area contributed by atoms with Gasteiger partial charge in [0.2, 0.25) is 0 Å². The summed E-state index contributed by atoms with van der Waals surface area (Å²) in [6, 6.07) is 16.3. The minimum Gasteiger partial charge on any atom is -0.490 e. The number of amides is 1. The van der Waals surface area contributed by atoms with Gasteiger partial charge in [-0.15, -0.1) is 0 Å². The minimum atomic E-state index is -0.460. The van der Waals surface area contributed by atoms with Crippen LogP contribution in [0.4, 0.5) is 17.1 Å². The molecular formula is C23H19ClIN3O5. The van der Waals surface area contributed by atoms with E-state index in [2.05, 4.69) is 32.9 Å². The number of nitrogens with one attached hydrogen (secondary N) is 1. The Morgan fingerprint density at radius 1 is 1.15 bits per heavy atom. The Balaban J connectivity index is 1.71. The highest BCUT2D eigenvalue weighted by molar-refractivity contribution is 14.1. The van der Waals surface area contributed by atoms with Crippen LogP contribution in [0.15, 0.2) is 65.7 Å². The molecule has 3 aromatic carbocycles. The SMILES string of the molecule is CCOc1cc(C=Nc2ccc([N+](=O)[O-])cc2)cc(I)c1OCC(=O)Nc1ccc(Cl)cc1. The molecule has 0 bridgehead atoms. The normalized spacial score (nSPS) is 10.8. The van der Waals surface area contributed by atoms with E-state index in [0.717, 1.165) is 9.13 Å². The van der Waals surface area contributed by atoms with Gasteiger partial charge in [-0.05, 0) is 83.6 Å². The van der Waals surface area contributed by atoms with E-state index < -0.39 is 4.92 Å². The van der Waals surface area contributed by atoms with Gasteiger partial charge >= 0.3 is 0 Å². The summed E-state index contributed by atoms with van der Waals surface area (Å²) in [5, 5.41) is 14.1. The number of non-ortho nitro benzene ring substituents is 1. The van der Waals surface area contributed by atoms with E-state index in [1.807, 2.05) is 13.0 Å². The second kappa shape index (κ2) is 11.6. The molecule has 0 heterocycles. The summed E-state index contributed by atoms with van der Waals surface area (Å²) in [7, 11) is 0. The molecule has 10 heteroatoms. The summed E-state index contributed by atoms with van der Waals surface area (Å²) in [4.78, 5) is 26.9.